The minimum atomic E-state index is -0.232. The average Bonchev–Trinajstić information content (AvgIpc) is 3.16. The van der Waals surface area contributed by atoms with Gasteiger partial charge in [0.2, 0.25) is 0 Å². The summed E-state index contributed by atoms with van der Waals surface area (Å²) in [5.74, 6) is 0.384. The van der Waals surface area contributed by atoms with E-state index in [0.717, 1.165) is 21.4 Å². The van der Waals surface area contributed by atoms with Crippen LogP contribution in [-0.4, -0.2) is 29.0 Å². The molecule has 2 aromatic heterocycles. The molecule has 2 aromatic rings. The number of carbonyl (C=O) groups is 1. The van der Waals surface area contributed by atoms with Gasteiger partial charge in [-0.05, 0) is 13.0 Å². The van der Waals surface area contributed by atoms with E-state index in [0.29, 0.717) is 5.92 Å². The molecule has 2 atom stereocenters. The highest BCUT2D eigenvalue weighted by Crippen LogP contribution is 2.28. The number of hydrogen-bond acceptors (Lipinski definition) is 6. The van der Waals surface area contributed by atoms with Crippen molar-refractivity contribution in [1.29, 1.82) is 0 Å². The van der Waals surface area contributed by atoms with Gasteiger partial charge in [0.05, 0.1) is 16.8 Å². The van der Waals surface area contributed by atoms with E-state index in [1.807, 2.05) is 24.5 Å². The molecule has 2 rings (SSSR count). The molecule has 2 heterocycles. The van der Waals surface area contributed by atoms with Gasteiger partial charge in [-0.25, -0.2) is 9.97 Å². The molecule has 23 heavy (non-hydrogen) atoms. The standard InChI is InChI=1S/C17H22N2O2S2/c1-10(2)16-19-14(9-23-16)17-18-13(8-22-17)6-7-15(21-5)11(3)12(4)20/h6-11,15H,1-5H3. The molecule has 4 nitrogen and oxygen atoms in total. The largest absolute Gasteiger partial charge is 0.377 e. The lowest BCUT2D eigenvalue weighted by molar-refractivity contribution is -0.123. The smallest absolute Gasteiger partial charge is 0.143 e. The van der Waals surface area contributed by atoms with Gasteiger partial charge in [-0.1, -0.05) is 26.8 Å². The lowest BCUT2D eigenvalue weighted by atomic mass is 10.00. The number of Topliss-reactive ketones (excluding diaryl/α,β-unsaturated/α-hetero) is 1. The van der Waals surface area contributed by atoms with Crippen molar-refractivity contribution < 1.29 is 9.53 Å². The summed E-state index contributed by atoms with van der Waals surface area (Å²) in [5, 5.41) is 6.09. The van der Waals surface area contributed by atoms with E-state index in [2.05, 4.69) is 29.2 Å². The van der Waals surface area contributed by atoms with Crippen LogP contribution in [0.4, 0.5) is 0 Å². The summed E-state index contributed by atoms with van der Waals surface area (Å²) in [7, 11) is 1.61. The third-order valence-electron chi connectivity index (χ3n) is 3.62. The average molecular weight is 351 g/mol. The number of methoxy groups -OCH3 is 1. The first kappa shape index (κ1) is 18.0. The maximum absolute atomic E-state index is 11.5. The molecule has 0 aromatic carbocycles. The van der Waals surface area contributed by atoms with Crippen LogP contribution in [0.15, 0.2) is 16.8 Å². The molecule has 6 heteroatoms. The fourth-order valence-electron chi connectivity index (χ4n) is 2.01. The Morgan fingerprint density at radius 2 is 1.96 bits per heavy atom. The van der Waals surface area contributed by atoms with Gasteiger partial charge in [0.15, 0.2) is 0 Å². The third kappa shape index (κ3) is 4.56. The maximum atomic E-state index is 11.5. The van der Waals surface area contributed by atoms with Gasteiger partial charge in [-0.15, -0.1) is 22.7 Å². The molecule has 2 unspecified atom stereocenters. The van der Waals surface area contributed by atoms with E-state index >= 15 is 0 Å². The first-order valence-corrected chi connectivity index (χ1v) is 9.31. The predicted octanol–water partition coefficient (Wildman–Crippen LogP) is 4.64. The van der Waals surface area contributed by atoms with Crippen LogP contribution < -0.4 is 0 Å². The number of nitrogens with zero attached hydrogens (tertiary/aromatic N) is 2. The first-order chi connectivity index (χ1) is 10.9. The molecule has 0 amide bonds. The second kappa shape index (κ2) is 7.95. The fourth-order valence-corrected chi connectivity index (χ4v) is 3.65. The zero-order valence-electron chi connectivity index (χ0n) is 14.1. The van der Waals surface area contributed by atoms with Crippen molar-refractivity contribution in [1.82, 2.24) is 9.97 Å². The number of hydrogen-bond donors (Lipinski definition) is 0. The second-order valence-corrected chi connectivity index (χ2v) is 7.51. The topological polar surface area (TPSA) is 52.1 Å². The molecule has 124 valence electrons. The summed E-state index contributed by atoms with van der Waals surface area (Å²) in [6.45, 7) is 7.73. The zero-order chi connectivity index (χ0) is 17.0. The van der Waals surface area contributed by atoms with Gasteiger partial charge in [0.25, 0.3) is 0 Å². The number of ether oxygens (including phenoxy) is 1. The minimum Gasteiger partial charge on any atom is -0.377 e. The molecule has 0 radical (unpaired) electrons. The SMILES string of the molecule is COC(C=Cc1csc(-c2csc(C(C)C)n2)n1)C(C)C(C)=O. The lowest BCUT2D eigenvalue weighted by Crippen LogP contribution is -2.23. The van der Waals surface area contributed by atoms with Crippen molar-refractivity contribution in [2.75, 3.05) is 7.11 Å². The lowest BCUT2D eigenvalue weighted by Gasteiger charge is -2.16. The molecule has 0 spiro atoms. The van der Waals surface area contributed by atoms with Crippen molar-refractivity contribution in [2.24, 2.45) is 5.92 Å². The monoisotopic (exact) mass is 350 g/mol. The number of thiazole rings is 2. The molecule has 0 fully saturated rings. The molecular formula is C17H22N2O2S2. The van der Waals surface area contributed by atoms with E-state index in [1.165, 1.54) is 0 Å². The number of ketones is 1. The van der Waals surface area contributed by atoms with E-state index in [9.17, 15) is 4.79 Å². The summed E-state index contributed by atoms with van der Waals surface area (Å²) < 4.78 is 5.37. The van der Waals surface area contributed by atoms with Gasteiger partial charge < -0.3 is 4.74 Å². The predicted molar refractivity (Wildman–Crippen MR) is 97.0 cm³/mol. The Bertz CT molecular complexity index is 688. The van der Waals surface area contributed by atoms with Crippen LogP contribution in [0.2, 0.25) is 0 Å². The normalized spacial score (nSPS) is 14.5. The van der Waals surface area contributed by atoms with Crippen molar-refractivity contribution in [3.8, 4) is 10.7 Å². The highest BCUT2D eigenvalue weighted by atomic mass is 32.1. The molecule has 0 saturated carbocycles. The van der Waals surface area contributed by atoms with Gasteiger partial charge >= 0.3 is 0 Å². The summed E-state index contributed by atoms with van der Waals surface area (Å²) in [4.78, 5) is 20.7. The van der Waals surface area contributed by atoms with Crippen molar-refractivity contribution in [2.45, 2.75) is 39.7 Å². The van der Waals surface area contributed by atoms with Crippen LogP contribution in [0.1, 0.15) is 44.3 Å². The molecular weight excluding hydrogens is 328 g/mol. The highest BCUT2D eigenvalue weighted by molar-refractivity contribution is 7.14. The number of rotatable bonds is 7. The van der Waals surface area contributed by atoms with Crippen LogP contribution in [0.5, 0.6) is 0 Å². The summed E-state index contributed by atoms with van der Waals surface area (Å²) in [6, 6.07) is 0. The Balaban J connectivity index is 2.12. The Hall–Kier alpha value is -1.37. The number of aromatic nitrogens is 2. The summed E-state index contributed by atoms with van der Waals surface area (Å²) in [5.41, 5.74) is 1.80. The molecule has 0 aliphatic rings. The van der Waals surface area contributed by atoms with E-state index < -0.39 is 0 Å². The zero-order valence-corrected chi connectivity index (χ0v) is 15.7. The van der Waals surface area contributed by atoms with Crippen LogP contribution in [0.25, 0.3) is 16.8 Å². The minimum absolute atomic E-state index is 0.115. The molecule has 0 saturated heterocycles. The second-order valence-electron chi connectivity index (χ2n) is 5.76. The van der Waals surface area contributed by atoms with Gasteiger partial charge in [0, 0.05) is 29.7 Å². The van der Waals surface area contributed by atoms with Gasteiger partial charge in [-0.3, -0.25) is 4.79 Å². The first-order valence-electron chi connectivity index (χ1n) is 7.55. The molecule has 0 N–H and O–H groups in total. The van der Waals surface area contributed by atoms with E-state index in [-0.39, 0.29) is 17.8 Å². The summed E-state index contributed by atoms with van der Waals surface area (Å²) in [6.07, 6.45) is 3.57. The molecule has 0 aliphatic heterocycles. The quantitative estimate of drug-likeness (QED) is 0.730. The van der Waals surface area contributed by atoms with Gasteiger partial charge in [0.1, 0.15) is 16.5 Å². The molecule has 0 aliphatic carbocycles. The van der Waals surface area contributed by atoms with Crippen LogP contribution in [0.3, 0.4) is 0 Å². The van der Waals surface area contributed by atoms with E-state index in [4.69, 9.17) is 4.74 Å². The third-order valence-corrected chi connectivity index (χ3v) is 5.65. The van der Waals surface area contributed by atoms with Gasteiger partial charge in [-0.2, -0.15) is 0 Å². The van der Waals surface area contributed by atoms with Crippen LogP contribution in [-0.2, 0) is 9.53 Å². The van der Waals surface area contributed by atoms with Crippen LogP contribution in [0, 0.1) is 5.92 Å². The highest BCUT2D eigenvalue weighted by Gasteiger charge is 2.18. The maximum Gasteiger partial charge on any atom is 0.143 e. The van der Waals surface area contributed by atoms with E-state index in [1.54, 1.807) is 36.7 Å². The van der Waals surface area contributed by atoms with Crippen molar-refractivity contribution >= 4 is 34.5 Å². The Kier molecular flexibility index (Phi) is 6.21. The molecule has 0 bridgehead atoms. The van der Waals surface area contributed by atoms with Crippen LogP contribution >= 0.6 is 22.7 Å². The fraction of sp³-hybridized carbons (Fsp3) is 0.471. The Labute approximate surface area is 145 Å². The Morgan fingerprint density at radius 1 is 1.22 bits per heavy atom. The number of carbonyl (C=O) groups excluding carboxylic acids is 1. The van der Waals surface area contributed by atoms with Crippen molar-refractivity contribution in [3.05, 3.63) is 27.5 Å². The summed E-state index contributed by atoms with van der Waals surface area (Å²) >= 11 is 3.25. The van der Waals surface area contributed by atoms with Crippen molar-refractivity contribution in [3.63, 3.8) is 0 Å². The Morgan fingerprint density at radius 3 is 2.52 bits per heavy atom.